The van der Waals surface area contributed by atoms with Crippen LogP contribution in [0.1, 0.15) is 31.2 Å². The fraction of sp³-hybridized carbons (Fsp3) is 0.375. The summed E-state index contributed by atoms with van der Waals surface area (Å²) in [5.74, 6) is 1.21. The number of hydrogen-bond acceptors (Lipinski definition) is 5. The predicted molar refractivity (Wildman–Crippen MR) is 89.8 cm³/mol. The highest BCUT2D eigenvalue weighted by Gasteiger charge is 2.12. The highest BCUT2D eigenvalue weighted by molar-refractivity contribution is 7.21. The van der Waals surface area contributed by atoms with Crippen LogP contribution in [0, 0.1) is 6.92 Å². The van der Waals surface area contributed by atoms with Gasteiger partial charge in [-0.2, -0.15) is 0 Å². The molecule has 3 aromatic rings. The maximum Gasteiger partial charge on any atom is 0.132 e. The van der Waals surface area contributed by atoms with Crippen LogP contribution in [0.5, 0.6) is 5.75 Å². The van der Waals surface area contributed by atoms with Crippen LogP contribution in [0.3, 0.4) is 0 Å². The molecule has 0 unspecified atom stereocenters. The Morgan fingerprint density at radius 3 is 3.10 bits per heavy atom. The predicted octanol–water partition coefficient (Wildman–Crippen LogP) is 4.96. The third kappa shape index (κ3) is 2.94. The molecule has 0 radical (unpaired) electrons. The number of aryl methyl sites for hydroxylation is 1. The molecule has 21 heavy (non-hydrogen) atoms. The first kappa shape index (κ1) is 14.5. The van der Waals surface area contributed by atoms with E-state index in [0.717, 1.165) is 28.1 Å². The van der Waals surface area contributed by atoms with Crippen LogP contribution in [0.2, 0.25) is 0 Å². The summed E-state index contributed by atoms with van der Waals surface area (Å²) in [5, 5.41) is 4.27. The number of rotatable bonds is 6. The average molecular weight is 319 g/mol. The zero-order valence-electron chi connectivity index (χ0n) is 12.1. The number of Topliss-reactive ketones (excluding diaryl/α,β-unsaturated/α-hetero) is 1. The fourth-order valence-corrected chi connectivity index (χ4v) is 4.17. The van der Waals surface area contributed by atoms with Gasteiger partial charge < -0.3 is 4.74 Å². The van der Waals surface area contributed by atoms with Gasteiger partial charge in [0.25, 0.3) is 0 Å². The summed E-state index contributed by atoms with van der Waals surface area (Å²) in [7, 11) is 0. The highest BCUT2D eigenvalue weighted by Crippen LogP contribution is 2.38. The van der Waals surface area contributed by atoms with E-state index in [-0.39, 0.29) is 0 Å². The zero-order valence-corrected chi connectivity index (χ0v) is 13.8. The molecule has 0 saturated heterocycles. The van der Waals surface area contributed by atoms with E-state index in [1.165, 1.54) is 9.40 Å². The normalized spacial score (nSPS) is 11.3. The lowest BCUT2D eigenvalue weighted by Crippen LogP contribution is -2.02. The quantitative estimate of drug-likeness (QED) is 0.603. The van der Waals surface area contributed by atoms with Gasteiger partial charge >= 0.3 is 0 Å². The monoisotopic (exact) mass is 319 g/mol. The van der Waals surface area contributed by atoms with Gasteiger partial charge in [0.2, 0.25) is 0 Å². The second-order valence-electron chi connectivity index (χ2n) is 4.96. The van der Waals surface area contributed by atoms with E-state index in [2.05, 4.69) is 22.5 Å². The number of ether oxygens (including phenoxy) is 1. The molecule has 110 valence electrons. The second-order valence-corrected chi connectivity index (χ2v) is 7.11. The first-order valence-electron chi connectivity index (χ1n) is 7.11. The maximum absolute atomic E-state index is 11.3. The van der Waals surface area contributed by atoms with E-state index in [9.17, 15) is 4.79 Å². The number of fused-ring (bicyclic) bond motifs is 3. The van der Waals surface area contributed by atoms with Gasteiger partial charge in [-0.05, 0) is 24.8 Å². The largest absolute Gasteiger partial charge is 0.493 e. The summed E-state index contributed by atoms with van der Waals surface area (Å²) in [6, 6.07) is 4.16. The van der Waals surface area contributed by atoms with Crippen LogP contribution in [0.15, 0.2) is 17.5 Å². The van der Waals surface area contributed by atoms with Crippen molar-refractivity contribution < 1.29 is 9.53 Å². The molecule has 2 aromatic heterocycles. The summed E-state index contributed by atoms with van der Waals surface area (Å²) >= 11 is 3.40. The Hall–Kier alpha value is -1.46. The van der Waals surface area contributed by atoms with Crippen molar-refractivity contribution >= 4 is 48.8 Å². The van der Waals surface area contributed by atoms with Crippen LogP contribution >= 0.6 is 22.7 Å². The second kappa shape index (κ2) is 6.12. The smallest absolute Gasteiger partial charge is 0.132 e. The van der Waals surface area contributed by atoms with Crippen molar-refractivity contribution in [3.63, 3.8) is 0 Å². The molecular formula is C16H17NO2S2. The zero-order chi connectivity index (χ0) is 14.8. The number of carbonyl (C=O) groups excluding carboxylic acids is 1. The molecule has 0 aliphatic carbocycles. The average Bonchev–Trinajstić information content (AvgIpc) is 3.08. The number of thiazole rings is 1. The van der Waals surface area contributed by atoms with E-state index >= 15 is 0 Å². The van der Waals surface area contributed by atoms with Gasteiger partial charge in [-0.15, -0.1) is 22.7 Å². The molecular weight excluding hydrogens is 302 g/mol. The maximum atomic E-state index is 11.3. The van der Waals surface area contributed by atoms with Crippen LogP contribution in [-0.4, -0.2) is 17.4 Å². The Bertz CT molecular complexity index is 788. The van der Waals surface area contributed by atoms with E-state index in [1.54, 1.807) is 22.7 Å². The summed E-state index contributed by atoms with van der Waals surface area (Å²) in [6.45, 7) is 4.51. The van der Waals surface area contributed by atoms with Crippen LogP contribution in [0.25, 0.3) is 20.3 Å². The molecule has 0 aliphatic heterocycles. The summed E-state index contributed by atoms with van der Waals surface area (Å²) < 4.78 is 8.28. The molecule has 0 saturated carbocycles. The van der Waals surface area contributed by atoms with Crippen molar-refractivity contribution in [2.24, 2.45) is 0 Å². The summed E-state index contributed by atoms with van der Waals surface area (Å²) in [5.41, 5.74) is 1.08. The first-order valence-corrected chi connectivity index (χ1v) is 8.80. The first-order chi connectivity index (χ1) is 10.2. The molecule has 5 heteroatoms. The molecule has 0 fully saturated rings. The lowest BCUT2D eigenvalue weighted by atomic mass is 10.2. The van der Waals surface area contributed by atoms with Gasteiger partial charge in [0, 0.05) is 24.3 Å². The number of aromatic nitrogens is 1. The van der Waals surface area contributed by atoms with Crippen LogP contribution < -0.4 is 4.74 Å². The summed E-state index contributed by atoms with van der Waals surface area (Å²) in [6.07, 6.45) is 1.99. The SMILES string of the molecule is CCC(=O)CCCOc1cc2sc(C)nc2c2sccc12. The van der Waals surface area contributed by atoms with Crippen LogP contribution in [-0.2, 0) is 4.79 Å². The molecule has 2 heterocycles. The molecule has 3 nitrogen and oxygen atoms in total. The molecule has 0 amide bonds. The molecule has 0 bridgehead atoms. The minimum atomic E-state index is 0.299. The van der Waals surface area contributed by atoms with Crippen molar-refractivity contribution in [2.45, 2.75) is 33.1 Å². The topological polar surface area (TPSA) is 39.2 Å². The number of benzene rings is 1. The Labute approximate surface area is 131 Å². The highest BCUT2D eigenvalue weighted by atomic mass is 32.1. The molecule has 0 N–H and O–H groups in total. The van der Waals surface area contributed by atoms with Crippen LogP contribution in [0.4, 0.5) is 0 Å². The Balaban J connectivity index is 1.83. The van der Waals surface area contributed by atoms with Crippen molar-refractivity contribution in [1.29, 1.82) is 0 Å². The van der Waals surface area contributed by atoms with Crippen molar-refractivity contribution in [2.75, 3.05) is 6.61 Å². The van der Waals surface area contributed by atoms with Gasteiger partial charge in [0.05, 0.1) is 26.5 Å². The molecule has 0 spiro atoms. The van der Waals surface area contributed by atoms with Crippen molar-refractivity contribution in [3.05, 3.63) is 22.5 Å². The third-order valence-corrected chi connectivity index (χ3v) is 5.26. The Morgan fingerprint density at radius 2 is 2.29 bits per heavy atom. The Morgan fingerprint density at radius 1 is 1.43 bits per heavy atom. The lowest BCUT2D eigenvalue weighted by molar-refractivity contribution is -0.118. The minimum absolute atomic E-state index is 0.299. The van der Waals surface area contributed by atoms with E-state index in [1.807, 2.05) is 13.8 Å². The number of hydrogen-bond donors (Lipinski definition) is 0. The van der Waals surface area contributed by atoms with Gasteiger partial charge in [-0.3, -0.25) is 4.79 Å². The minimum Gasteiger partial charge on any atom is -0.493 e. The van der Waals surface area contributed by atoms with Gasteiger partial charge in [0.1, 0.15) is 11.5 Å². The number of thiophene rings is 1. The van der Waals surface area contributed by atoms with Gasteiger partial charge in [-0.1, -0.05) is 6.92 Å². The summed E-state index contributed by atoms with van der Waals surface area (Å²) in [4.78, 5) is 15.9. The van der Waals surface area contributed by atoms with E-state index in [4.69, 9.17) is 4.74 Å². The number of nitrogens with zero attached hydrogens (tertiary/aromatic N) is 1. The van der Waals surface area contributed by atoms with Crippen molar-refractivity contribution in [1.82, 2.24) is 4.98 Å². The molecule has 1 aromatic carbocycles. The standard InChI is InChI=1S/C16H17NO2S2/c1-3-11(18)5-4-7-19-13-9-14-15(17-10(2)21-14)16-12(13)6-8-20-16/h6,8-9H,3-5,7H2,1-2H3. The third-order valence-electron chi connectivity index (χ3n) is 3.42. The molecule has 0 aliphatic rings. The fourth-order valence-electron chi connectivity index (χ4n) is 2.33. The molecule has 3 rings (SSSR count). The number of ketones is 1. The van der Waals surface area contributed by atoms with Gasteiger partial charge in [-0.25, -0.2) is 4.98 Å². The van der Waals surface area contributed by atoms with E-state index < -0.39 is 0 Å². The molecule has 0 atom stereocenters. The van der Waals surface area contributed by atoms with Gasteiger partial charge in [0.15, 0.2) is 0 Å². The Kier molecular flexibility index (Phi) is 4.22. The number of carbonyl (C=O) groups is 1. The van der Waals surface area contributed by atoms with Crippen molar-refractivity contribution in [3.8, 4) is 5.75 Å². The lowest BCUT2D eigenvalue weighted by Gasteiger charge is -2.07. The van der Waals surface area contributed by atoms with E-state index in [0.29, 0.717) is 25.2 Å².